The number of phenols is 1. The van der Waals surface area contributed by atoms with E-state index in [4.69, 9.17) is 0 Å². The summed E-state index contributed by atoms with van der Waals surface area (Å²) in [5.41, 5.74) is 1.22. The van der Waals surface area contributed by atoms with E-state index in [0.29, 0.717) is 24.2 Å². The van der Waals surface area contributed by atoms with Gasteiger partial charge >= 0.3 is 0 Å². The predicted octanol–water partition coefficient (Wildman–Crippen LogP) is 1.87. The molecule has 0 aliphatic heterocycles. The molecule has 2 aromatic carbocycles. The lowest BCUT2D eigenvalue weighted by Crippen LogP contribution is -2.27. The maximum atomic E-state index is 12.3. The van der Waals surface area contributed by atoms with Crippen LogP contribution in [0.2, 0.25) is 0 Å². The molecule has 7 nitrogen and oxygen atoms in total. The Hall–Kier alpha value is -2.87. The first-order chi connectivity index (χ1) is 12.8. The van der Waals surface area contributed by atoms with Gasteiger partial charge in [-0.05, 0) is 42.3 Å². The van der Waals surface area contributed by atoms with E-state index in [0.717, 1.165) is 0 Å². The number of carbonyl (C=O) groups excluding carboxylic acids is 2. The molecule has 8 heteroatoms. The molecule has 3 N–H and O–H groups in total. The number of hydrogen-bond acceptors (Lipinski definition) is 5. The van der Waals surface area contributed by atoms with E-state index in [9.17, 15) is 23.1 Å². The number of aromatic hydroxyl groups is 1. The smallest absolute Gasteiger partial charge is 0.221 e. The fraction of sp³-hybridized carbons (Fsp3) is 0.263. The maximum Gasteiger partial charge on any atom is 0.221 e. The van der Waals surface area contributed by atoms with Gasteiger partial charge in [0.2, 0.25) is 11.8 Å². The van der Waals surface area contributed by atoms with Crippen LogP contribution in [-0.4, -0.2) is 37.6 Å². The molecule has 144 valence electrons. The van der Waals surface area contributed by atoms with Gasteiger partial charge in [0.15, 0.2) is 9.84 Å². The topological polar surface area (TPSA) is 113 Å². The third-order valence-corrected chi connectivity index (χ3v) is 5.57. The van der Waals surface area contributed by atoms with Gasteiger partial charge in [0.25, 0.3) is 0 Å². The Morgan fingerprint density at radius 3 is 2.33 bits per heavy atom. The standard InChI is InChI=1S/C19H22N2O5S/c1-14(22)21-16-6-8-17(9-7-16)27(25,26)13-11-19(24)20-12-10-15-4-2-3-5-18(15)23/h2-9,23H,10-13H2,1H3,(H,20,24)(H,21,22). The van der Waals surface area contributed by atoms with E-state index in [1.54, 1.807) is 24.3 Å². The summed E-state index contributed by atoms with van der Waals surface area (Å²) >= 11 is 0. The largest absolute Gasteiger partial charge is 0.508 e. The first kappa shape index (κ1) is 20.4. The molecule has 2 aromatic rings. The Labute approximate surface area is 158 Å². The normalized spacial score (nSPS) is 11.0. The number of hydrogen-bond donors (Lipinski definition) is 3. The van der Waals surface area contributed by atoms with Crippen LogP contribution in [0.4, 0.5) is 5.69 Å². The molecule has 27 heavy (non-hydrogen) atoms. The van der Waals surface area contributed by atoms with Crippen molar-refractivity contribution in [2.75, 3.05) is 17.6 Å². The monoisotopic (exact) mass is 390 g/mol. The second-order valence-electron chi connectivity index (χ2n) is 6.00. The van der Waals surface area contributed by atoms with Crippen molar-refractivity contribution in [3.8, 4) is 5.75 Å². The van der Waals surface area contributed by atoms with Gasteiger partial charge in [0, 0.05) is 25.6 Å². The van der Waals surface area contributed by atoms with Gasteiger partial charge in [-0.15, -0.1) is 0 Å². The Balaban J connectivity index is 1.82. The number of anilines is 1. The molecule has 0 radical (unpaired) electrons. The van der Waals surface area contributed by atoms with Gasteiger partial charge in [-0.2, -0.15) is 0 Å². The molecule has 0 fully saturated rings. The number of nitrogens with one attached hydrogen (secondary N) is 2. The quantitative estimate of drug-likeness (QED) is 0.637. The van der Waals surface area contributed by atoms with Crippen molar-refractivity contribution < 1.29 is 23.1 Å². The summed E-state index contributed by atoms with van der Waals surface area (Å²) in [6, 6.07) is 12.6. The van der Waals surface area contributed by atoms with Crippen LogP contribution in [0.5, 0.6) is 5.75 Å². The third-order valence-electron chi connectivity index (χ3n) is 3.84. The van der Waals surface area contributed by atoms with E-state index in [1.807, 2.05) is 0 Å². The van der Waals surface area contributed by atoms with Gasteiger partial charge in [0.1, 0.15) is 5.75 Å². The van der Waals surface area contributed by atoms with Crippen molar-refractivity contribution in [2.45, 2.75) is 24.7 Å². The third kappa shape index (κ3) is 6.41. The molecule has 0 heterocycles. The fourth-order valence-corrected chi connectivity index (χ4v) is 3.68. The first-order valence-corrected chi connectivity index (χ1v) is 10.1. The summed E-state index contributed by atoms with van der Waals surface area (Å²) in [4.78, 5) is 23.0. The van der Waals surface area contributed by atoms with Crippen LogP contribution in [0.15, 0.2) is 53.4 Å². The zero-order valence-corrected chi connectivity index (χ0v) is 15.8. The average molecular weight is 390 g/mol. The number of sulfone groups is 1. The summed E-state index contributed by atoms with van der Waals surface area (Å²) in [7, 11) is -3.60. The van der Waals surface area contributed by atoms with Crippen molar-refractivity contribution in [1.82, 2.24) is 5.32 Å². The lowest BCUT2D eigenvalue weighted by atomic mass is 10.1. The van der Waals surface area contributed by atoms with Crippen LogP contribution in [0.25, 0.3) is 0 Å². The maximum absolute atomic E-state index is 12.3. The molecular weight excluding hydrogens is 368 g/mol. The van der Waals surface area contributed by atoms with Crippen LogP contribution >= 0.6 is 0 Å². The Bertz CT molecular complexity index is 908. The van der Waals surface area contributed by atoms with Crippen LogP contribution in [0.3, 0.4) is 0 Å². The second kappa shape index (κ2) is 9.18. The minimum Gasteiger partial charge on any atom is -0.508 e. The molecule has 2 rings (SSSR count). The predicted molar refractivity (Wildman–Crippen MR) is 102 cm³/mol. The molecule has 0 unspecified atom stereocenters. The summed E-state index contributed by atoms with van der Waals surface area (Å²) < 4.78 is 24.6. The zero-order valence-electron chi connectivity index (χ0n) is 14.9. The number of benzene rings is 2. The summed E-state index contributed by atoms with van der Waals surface area (Å²) in [6.45, 7) is 1.67. The summed E-state index contributed by atoms with van der Waals surface area (Å²) in [6.07, 6.45) is 0.298. The Morgan fingerprint density at radius 2 is 1.70 bits per heavy atom. The molecule has 0 spiro atoms. The van der Waals surface area contributed by atoms with Crippen molar-refractivity contribution in [3.63, 3.8) is 0 Å². The first-order valence-electron chi connectivity index (χ1n) is 8.42. The Morgan fingerprint density at radius 1 is 1.04 bits per heavy atom. The second-order valence-corrected chi connectivity index (χ2v) is 8.11. The van der Waals surface area contributed by atoms with Gasteiger partial charge in [-0.1, -0.05) is 18.2 Å². The minimum atomic E-state index is -3.60. The number of phenolic OH excluding ortho intramolecular Hbond substituents is 1. The summed E-state index contributed by atoms with van der Waals surface area (Å²) in [5, 5.41) is 14.9. The number of carbonyl (C=O) groups is 2. The molecule has 0 saturated heterocycles. The molecule has 0 aromatic heterocycles. The van der Waals surface area contributed by atoms with Gasteiger partial charge in [0.05, 0.1) is 10.6 Å². The number of rotatable bonds is 8. The van der Waals surface area contributed by atoms with Crippen molar-refractivity contribution >= 4 is 27.3 Å². The highest BCUT2D eigenvalue weighted by atomic mass is 32.2. The molecule has 2 amide bonds. The van der Waals surface area contributed by atoms with E-state index < -0.39 is 9.84 Å². The summed E-state index contributed by atoms with van der Waals surface area (Å²) in [5.74, 6) is -0.762. The lowest BCUT2D eigenvalue weighted by Gasteiger charge is -2.08. The highest BCUT2D eigenvalue weighted by Crippen LogP contribution is 2.17. The molecule has 0 saturated carbocycles. The highest BCUT2D eigenvalue weighted by molar-refractivity contribution is 7.91. The molecular formula is C19H22N2O5S. The number of amides is 2. The van der Waals surface area contributed by atoms with E-state index >= 15 is 0 Å². The van der Waals surface area contributed by atoms with E-state index in [-0.39, 0.29) is 34.6 Å². The molecule has 0 bridgehead atoms. The zero-order chi connectivity index (χ0) is 19.9. The van der Waals surface area contributed by atoms with Crippen molar-refractivity contribution in [2.24, 2.45) is 0 Å². The van der Waals surface area contributed by atoms with Crippen LogP contribution in [-0.2, 0) is 25.8 Å². The van der Waals surface area contributed by atoms with Crippen molar-refractivity contribution in [3.05, 3.63) is 54.1 Å². The van der Waals surface area contributed by atoms with Gasteiger partial charge in [-0.25, -0.2) is 8.42 Å². The average Bonchev–Trinajstić information content (AvgIpc) is 2.62. The minimum absolute atomic E-state index is 0.0959. The van der Waals surface area contributed by atoms with E-state index in [1.165, 1.54) is 31.2 Å². The Kier molecular flexibility index (Phi) is 6.95. The highest BCUT2D eigenvalue weighted by Gasteiger charge is 2.16. The molecule has 0 aliphatic rings. The number of para-hydroxylation sites is 1. The van der Waals surface area contributed by atoms with Crippen LogP contribution < -0.4 is 10.6 Å². The van der Waals surface area contributed by atoms with Crippen LogP contribution in [0, 0.1) is 0 Å². The van der Waals surface area contributed by atoms with E-state index in [2.05, 4.69) is 10.6 Å². The van der Waals surface area contributed by atoms with Crippen molar-refractivity contribution in [1.29, 1.82) is 0 Å². The van der Waals surface area contributed by atoms with Crippen LogP contribution in [0.1, 0.15) is 18.9 Å². The lowest BCUT2D eigenvalue weighted by molar-refractivity contribution is -0.120. The molecule has 0 aliphatic carbocycles. The van der Waals surface area contributed by atoms with Gasteiger partial charge in [-0.3, -0.25) is 9.59 Å². The van der Waals surface area contributed by atoms with Gasteiger partial charge < -0.3 is 15.7 Å². The fourth-order valence-electron chi connectivity index (χ4n) is 2.44. The SMILES string of the molecule is CC(=O)Nc1ccc(S(=O)(=O)CCC(=O)NCCc2ccccc2O)cc1. The molecule has 0 atom stereocenters.